The maximum absolute atomic E-state index is 12.3. The number of methoxy groups -OCH3 is 1. The van der Waals surface area contributed by atoms with Crippen LogP contribution in [0, 0.1) is 0 Å². The molecule has 25 heavy (non-hydrogen) atoms. The van der Waals surface area contributed by atoms with Gasteiger partial charge in [-0.1, -0.05) is 6.07 Å². The second-order valence-electron chi connectivity index (χ2n) is 5.34. The Hall–Kier alpha value is -2.67. The summed E-state index contributed by atoms with van der Waals surface area (Å²) in [4.78, 5) is 16.6. The van der Waals surface area contributed by atoms with E-state index in [1.807, 2.05) is 30.3 Å². The Kier molecular flexibility index (Phi) is 5.45. The number of anilines is 1. The molecule has 0 aliphatic rings. The van der Waals surface area contributed by atoms with Crippen molar-refractivity contribution < 1.29 is 9.53 Å². The molecule has 0 aliphatic heterocycles. The quantitative estimate of drug-likeness (QED) is 0.685. The molecule has 0 saturated heterocycles. The lowest BCUT2D eigenvalue weighted by atomic mass is 10.1. The average Bonchev–Trinajstić information content (AvgIpc) is 3.15. The van der Waals surface area contributed by atoms with Crippen molar-refractivity contribution in [3.05, 3.63) is 65.0 Å². The molecule has 0 spiro atoms. The van der Waals surface area contributed by atoms with Gasteiger partial charge in [0, 0.05) is 25.0 Å². The number of hydrogen-bond acceptors (Lipinski definition) is 4. The highest BCUT2D eigenvalue weighted by molar-refractivity contribution is 9.10. The third kappa shape index (κ3) is 4.24. The van der Waals surface area contributed by atoms with Crippen molar-refractivity contribution in [3.8, 4) is 11.6 Å². The minimum Gasteiger partial charge on any atom is -0.496 e. The Morgan fingerprint density at radius 1 is 1.28 bits per heavy atom. The van der Waals surface area contributed by atoms with E-state index in [1.165, 1.54) is 0 Å². The fraction of sp³-hybridized carbons (Fsp3) is 0.167. The molecule has 2 heterocycles. The summed E-state index contributed by atoms with van der Waals surface area (Å²) in [6.45, 7) is 0. The fourth-order valence-corrected chi connectivity index (χ4v) is 3.00. The standard InChI is InChI=1S/C18H17BrN4O2/c1-25-16-7-5-13(12-14(16)19)6-8-17(24)22-15-4-2-9-20-18(15)23-11-3-10-21-23/h2-5,7,9-12H,6,8H2,1H3,(H,22,24). The van der Waals surface area contributed by atoms with E-state index < -0.39 is 0 Å². The molecule has 7 heteroatoms. The highest BCUT2D eigenvalue weighted by atomic mass is 79.9. The Balaban J connectivity index is 1.65. The summed E-state index contributed by atoms with van der Waals surface area (Å²) in [5, 5.41) is 7.07. The van der Waals surface area contributed by atoms with Gasteiger partial charge in [0.05, 0.1) is 17.3 Å². The number of amides is 1. The van der Waals surface area contributed by atoms with Crippen molar-refractivity contribution in [2.24, 2.45) is 0 Å². The number of aromatic nitrogens is 3. The van der Waals surface area contributed by atoms with Crippen LogP contribution in [0.25, 0.3) is 5.82 Å². The van der Waals surface area contributed by atoms with E-state index in [0.717, 1.165) is 15.8 Å². The predicted octanol–water partition coefficient (Wildman–Crippen LogP) is 3.61. The van der Waals surface area contributed by atoms with Gasteiger partial charge >= 0.3 is 0 Å². The minimum absolute atomic E-state index is 0.0756. The molecular weight excluding hydrogens is 384 g/mol. The smallest absolute Gasteiger partial charge is 0.224 e. The second kappa shape index (κ2) is 7.94. The molecule has 0 unspecified atom stereocenters. The number of nitrogens with one attached hydrogen (secondary N) is 1. The third-order valence-electron chi connectivity index (χ3n) is 3.64. The van der Waals surface area contributed by atoms with Gasteiger partial charge in [0.15, 0.2) is 5.82 Å². The molecule has 3 rings (SSSR count). The van der Waals surface area contributed by atoms with Crippen LogP contribution in [0.4, 0.5) is 5.69 Å². The summed E-state index contributed by atoms with van der Waals surface area (Å²) >= 11 is 3.46. The van der Waals surface area contributed by atoms with E-state index in [0.29, 0.717) is 24.3 Å². The lowest BCUT2D eigenvalue weighted by molar-refractivity contribution is -0.116. The highest BCUT2D eigenvalue weighted by Gasteiger charge is 2.10. The SMILES string of the molecule is COc1ccc(CCC(=O)Nc2cccnc2-n2cccn2)cc1Br. The first kappa shape index (κ1) is 17.2. The molecule has 0 fully saturated rings. The Labute approximate surface area is 154 Å². The van der Waals surface area contributed by atoms with Crippen LogP contribution in [-0.2, 0) is 11.2 Å². The van der Waals surface area contributed by atoms with E-state index in [1.54, 1.807) is 36.4 Å². The van der Waals surface area contributed by atoms with Gasteiger partial charge in [0.2, 0.25) is 5.91 Å². The van der Waals surface area contributed by atoms with Crippen molar-refractivity contribution in [1.29, 1.82) is 0 Å². The average molecular weight is 401 g/mol. The van der Waals surface area contributed by atoms with E-state index in [-0.39, 0.29) is 5.91 Å². The number of benzene rings is 1. The normalized spacial score (nSPS) is 10.5. The zero-order valence-corrected chi connectivity index (χ0v) is 15.2. The van der Waals surface area contributed by atoms with Crippen LogP contribution >= 0.6 is 15.9 Å². The van der Waals surface area contributed by atoms with E-state index in [2.05, 4.69) is 31.3 Å². The Morgan fingerprint density at radius 3 is 2.88 bits per heavy atom. The van der Waals surface area contributed by atoms with E-state index in [4.69, 9.17) is 4.74 Å². The van der Waals surface area contributed by atoms with Gasteiger partial charge in [0.25, 0.3) is 0 Å². The highest BCUT2D eigenvalue weighted by Crippen LogP contribution is 2.26. The number of carbonyl (C=O) groups excluding carboxylic acids is 1. The van der Waals surface area contributed by atoms with Gasteiger partial charge in [0.1, 0.15) is 5.75 Å². The van der Waals surface area contributed by atoms with Crippen LogP contribution in [0.5, 0.6) is 5.75 Å². The second-order valence-corrected chi connectivity index (χ2v) is 6.20. The van der Waals surface area contributed by atoms with Gasteiger partial charge in [-0.25, -0.2) is 9.67 Å². The van der Waals surface area contributed by atoms with Crippen molar-refractivity contribution >= 4 is 27.5 Å². The van der Waals surface area contributed by atoms with Crippen LogP contribution in [0.15, 0.2) is 59.5 Å². The molecule has 128 valence electrons. The fourth-order valence-electron chi connectivity index (χ4n) is 2.41. The van der Waals surface area contributed by atoms with Crippen LogP contribution in [0.1, 0.15) is 12.0 Å². The molecule has 3 aromatic rings. The lowest BCUT2D eigenvalue weighted by Crippen LogP contribution is -2.15. The zero-order chi connectivity index (χ0) is 17.6. The van der Waals surface area contributed by atoms with Crippen LogP contribution in [0.2, 0.25) is 0 Å². The number of ether oxygens (including phenoxy) is 1. The zero-order valence-electron chi connectivity index (χ0n) is 13.6. The van der Waals surface area contributed by atoms with Gasteiger partial charge < -0.3 is 10.1 Å². The maximum atomic E-state index is 12.3. The number of aryl methyl sites for hydroxylation is 1. The number of hydrogen-bond donors (Lipinski definition) is 1. The number of nitrogens with zero attached hydrogens (tertiary/aromatic N) is 3. The van der Waals surface area contributed by atoms with E-state index in [9.17, 15) is 4.79 Å². The number of carbonyl (C=O) groups is 1. The molecule has 0 radical (unpaired) electrons. The first-order valence-corrected chi connectivity index (χ1v) is 8.54. The van der Waals surface area contributed by atoms with Gasteiger partial charge in [-0.3, -0.25) is 4.79 Å². The van der Waals surface area contributed by atoms with Gasteiger partial charge in [-0.05, 0) is 58.2 Å². The summed E-state index contributed by atoms with van der Waals surface area (Å²) in [5.41, 5.74) is 1.69. The molecule has 6 nitrogen and oxygen atoms in total. The number of rotatable bonds is 6. The summed E-state index contributed by atoms with van der Waals surface area (Å²) in [6, 6.07) is 11.2. The van der Waals surface area contributed by atoms with Crippen molar-refractivity contribution in [2.75, 3.05) is 12.4 Å². The van der Waals surface area contributed by atoms with Crippen LogP contribution < -0.4 is 10.1 Å². The third-order valence-corrected chi connectivity index (χ3v) is 4.26. The Morgan fingerprint density at radius 2 is 2.16 bits per heavy atom. The van der Waals surface area contributed by atoms with Crippen molar-refractivity contribution in [2.45, 2.75) is 12.8 Å². The molecular formula is C18H17BrN4O2. The Bertz CT molecular complexity index is 865. The van der Waals surface area contributed by atoms with Crippen molar-refractivity contribution in [3.63, 3.8) is 0 Å². The summed E-state index contributed by atoms with van der Waals surface area (Å²) < 4.78 is 7.71. The summed E-state index contributed by atoms with van der Waals surface area (Å²) in [7, 11) is 1.62. The number of pyridine rings is 1. The number of halogens is 1. The maximum Gasteiger partial charge on any atom is 0.224 e. The first-order valence-electron chi connectivity index (χ1n) is 7.74. The first-order chi connectivity index (χ1) is 12.2. The topological polar surface area (TPSA) is 69.0 Å². The summed E-state index contributed by atoms with van der Waals surface area (Å²) in [5.74, 6) is 1.29. The minimum atomic E-state index is -0.0756. The van der Waals surface area contributed by atoms with E-state index >= 15 is 0 Å². The molecule has 1 aromatic carbocycles. The monoisotopic (exact) mass is 400 g/mol. The molecule has 1 amide bonds. The molecule has 1 N–H and O–H groups in total. The van der Waals surface area contributed by atoms with Crippen molar-refractivity contribution in [1.82, 2.24) is 14.8 Å². The van der Waals surface area contributed by atoms with Gasteiger partial charge in [-0.15, -0.1) is 0 Å². The predicted molar refractivity (Wildman–Crippen MR) is 99.0 cm³/mol. The molecule has 2 aromatic heterocycles. The molecule has 0 bridgehead atoms. The molecule has 0 aliphatic carbocycles. The van der Waals surface area contributed by atoms with Gasteiger partial charge in [-0.2, -0.15) is 5.10 Å². The lowest BCUT2D eigenvalue weighted by Gasteiger charge is -2.10. The van der Waals surface area contributed by atoms with Crippen LogP contribution in [-0.4, -0.2) is 27.8 Å². The molecule has 0 saturated carbocycles. The largest absolute Gasteiger partial charge is 0.496 e. The molecule has 0 atom stereocenters. The summed E-state index contributed by atoms with van der Waals surface area (Å²) in [6.07, 6.45) is 6.12. The van der Waals surface area contributed by atoms with Crippen LogP contribution in [0.3, 0.4) is 0 Å².